The molecule has 0 unspecified atom stereocenters. The molecule has 0 spiro atoms. The summed E-state index contributed by atoms with van der Waals surface area (Å²) >= 11 is 0. The molecule has 9 heavy (non-hydrogen) atoms. The van der Waals surface area contributed by atoms with Crippen LogP contribution in [0.3, 0.4) is 0 Å². The molecular formula is C8H9W-. The van der Waals surface area contributed by atoms with E-state index >= 15 is 0 Å². The van der Waals surface area contributed by atoms with Gasteiger partial charge in [-0.1, -0.05) is 13.3 Å². The number of hydrogen-bond acceptors (Lipinski definition) is 0. The summed E-state index contributed by atoms with van der Waals surface area (Å²) in [7, 11) is 0. The Kier molecular flexibility index (Phi) is 4.71. The van der Waals surface area contributed by atoms with Crippen molar-refractivity contribution in [1.29, 1.82) is 0 Å². The van der Waals surface area contributed by atoms with E-state index in [9.17, 15) is 0 Å². The first-order chi connectivity index (χ1) is 3.93. The van der Waals surface area contributed by atoms with Crippen LogP contribution in [0.5, 0.6) is 0 Å². The minimum absolute atomic E-state index is 0. The fourth-order valence-corrected chi connectivity index (χ4v) is 0.657. The topological polar surface area (TPSA) is 0 Å². The van der Waals surface area contributed by atoms with Gasteiger partial charge in [0.25, 0.3) is 0 Å². The Hall–Kier alpha value is -0.0917. The molecule has 0 N–H and O–H groups in total. The minimum atomic E-state index is 0. The van der Waals surface area contributed by atoms with Crippen molar-refractivity contribution in [2.45, 2.75) is 13.3 Å². The molecule has 1 aromatic rings. The maximum Gasteiger partial charge on any atom is 0 e. The predicted octanol–water partition coefficient (Wildman–Crippen LogP) is 2.05. The zero-order chi connectivity index (χ0) is 5.82. The molecule has 1 aromatic carbocycles. The normalized spacial score (nSPS) is 8.11. The fraction of sp³-hybridized carbons (Fsp3) is 0.250. The van der Waals surface area contributed by atoms with Gasteiger partial charge < -0.3 is 0 Å². The van der Waals surface area contributed by atoms with Crippen LogP contribution < -0.4 is 0 Å². The Morgan fingerprint density at radius 1 is 1.33 bits per heavy atom. The van der Waals surface area contributed by atoms with Crippen molar-refractivity contribution in [1.82, 2.24) is 0 Å². The van der Waals surface area contributed by atoms with Crippen molar-refractivity contribution in [2.75, 3.05) is 0 Å². The van der Waals surface area contributed by atoms with Gasteiger partial charge in [-0.25, -0.2) is 0 Å². The molecule has 0 saturated heterocycles. The summed E-state index contributed by atoms with van der Waals surface area (Å²) < 4.78 is 0. The first-order valence-electron chi connectivity index (χ1n) is 2.88. The number of hydrogen-bond donors (Lipinski definition) is 0. The van der Waals surface area contributed by atoms with Crippen molar-refractivity contribution in [2.24, 2.45) is 0 Å². The van der Waals surface area contributed by atoms with Crippen molar-refractivity contribution in [3.8, 4) is 0 Å². The van der Waals surface area contributed by atoms with E-state index in [1.54, 1.807) is 0 Å². The summed E-state index contributed by atoms with van der Waals surface area (Å²) in [6, 6.07) is 11.0. The third-order valence-corrected chi connectivity index (χ3v) is 1.20. The molecule has 0 aliphatic heterocycles. The zero-order valence-electron chi connectivity index (χ0n) is 5.42. The molecule has 1 rings (SSSR count). The number of benzene rings is 1. The maximum absolute atomic E-state index is 2.97. The van der Waals surface area contributed by atoms with Crippen LogP contribution in [0.2, 0.25) is 0 Å². The van der Waals surface area contributed by atoms with Crippen LogP contribution >= 0.6 is 0 Å². The predicted molar refractivity (Wildman–Crippen MR) is 34.7 cm³/mol. The van der Waals surface area contributed by atoms with Gasteiger partial charge in [0.2, 0.25) is 0 Å². The summed E-state index contributed by atoms with van der Waals surface area (Å²) in [5.74, 6) is 0. The molecular weight excluding hydrogens is 280 g/mol. The van der Waals surface area contributed by atoms with Crippen LogP contribution in [-0.2, 0) is 27.5 Å². The van der Waals surface area contributed by atoms with Gasteiger partial charge in [0.15, 0.2) is 0 Å². The van der Waals surface area contributed by atoms with E-state index in [4.69, 9.17) is 0 Å². The van der Waals surface area contributed by atoms with E-state index in [1.165, 1.54) is 5.56 Å². The van der Waals surface area contributed by atoms with Gasteiger partial charge in [-0.15, -0.1) is 0 Å². The molecule has 0 saturated carbocycles. The third-order valence-electron chi connectivity index (χ3n) is 1.20. The molecule has 1 heteroatoms. The van der Waals surface area contributed by atoms with Crippen molar-refractivity contribution in [3.63, 3.8) is 0 Å². The standard InChI is InChI=1S/C8H9.W/c1-2-8-6-4-3-5-7-8;/h4-7H,2H2,1H3;/q-1;. The second kappa shape index (κ2) is 4.76. The van der Waals surface area contributed by atoms with E-state index in [2.05, 4.69) is 25.1 Å². The monoisotopic (exact) mass is 289 g/mol. The van der Waals surface area contributed by atoms with Gasteiger partial charge in [-0.3, -0.25) is 0 Å². The van der Waals surface area contributed by atoms with E-state index < -0.39 is 0 Å². The quantitative estimate of drug-likeness (QED) is 0.694. The first kappa shape index (κ1) is 8.91. The number of aryl methyl sites for hydroxylation is 1. The molecule has 0 fully saturated rings. The average molecular weight is 289 g/mol. The summed E-state index contributed by atoms with van der Waals surface area (Å²) in [6.07, 6.45) is 1.12. The van der Waals surface area contributed by atoms with Crippen LogP contribution in [0.4, 0.5) is 0 Å². The molecule has 0 nitrogen and oxygen atoms in total. The average Bonchev–Trinajstić information content (AvgIpc) is 1.90. The van der Waals surface area contributed by atoms with Crippen LogP contribution in [0.25, 0.3) is 0 Å². The van der Waals surface area contributed by atoms with Crippen molar-refractivity contribution < 1.29 is 21.1 Å². The number of rotatable bonds is 1. The summed E-state index contributed by atoms with van der Waals surface area (Å²) in [4.78, 5) is 0. The summed E-state index contributed by atoms with van der Waals surface area (Å²) in [5.41, 5.74) is 1.38. The van der Waals surface area contributed by atoms with Crippen LogP contribution in [0, 0.1) is 6.07 Å². The van der Waals surface area contributed by atoms with Crippen LogP contribution in [0.15, 0.2) is 24.3 Å². The maximum atomic E-state index is 2.97. The molecule has 0 aliphatic rings. The largest absolute Gasteiger partial charge is 0.184 e. The van der Waals surface area contributed by atoms with Crippen molar-refractivity contribution in [3.05, 3.63) is 35.9 Å². The second-order valence-corrected chi connectivity index (χ2v) is 1.76. The minimum Gasteiger partial charge on any atom is -0.184 e. The molecule has 0 atom stereocenters. The van der Waals surface area contributed by atoms with E-state index in [0.29, 0.717) is 0 Å². The molecule has 0 radical (unpaired) electrons. The fourth-order valence-electron chi connectivity index (χ4n) is 0.657. The molecule has 0 heterocycles. The van der Waals surface area contributed by atoms with Gasteiger partial charge in [-0.05, 0) is 0 Å². The Labute approximate surface area is 70.5 Å². The van der Waals surface area contributed by atoms with Gasteiger partial charge in [0, 0.05) is 21.1 Å². The van der Waals surface area contributed by atoms with Gasteiger partial charge >= 0.3 is 0 Å². The summed E-state index contributed by atoms with van der Waals surface area (Å²) in [5, 5.41) is 0. The summed E-state index contributed by atoms with van der Waals surface area (Å²) in [6.45, 7) is 2.15. The Morgan fingerprint density at radius 2 is 1.89 bits per heavy atom. The van der Waals surface area contributed by atoms with Gasteiger partial charge in [0.1, 0.15) is 0 Å². The molecule has 0 aliphatic carbocycles. The van der Waals surface area contributed by atoms with Gasteiger partial charge in [0.05, 0.1) is 0 Å². The Bertz CT molecular complexity index is 146. The third kappa shape index (κ3) is 2.81. The van der Waals surface area contributed by atoms with E-state index in [-0.39, 0.29) is 21.1 Å². The van der Waals surface area contributed by atoms with E-state index in [0.717, 1.165) is 6.42 Å². The van der Waals surface area contributed by atoms with E-state index in [1.807, 2.05) is 12.1 Å². The zero-order valence-corrected chi connectivity index (χ0v) is 8.36. The molecule has 0 bridgehead atoms. The SMILES string of the molecule is CCc1cc[c-]cc1.[W]. The van der Waals surface area contributed by atoms with Crippen LogP contribution in [-0.4, -0.2) is 0 Å². The Morgan fingerprint density at radius 3 is 2.22 bits per heavy atom. The van der Waals surface area contributed by atoms with Crippen molar-refractivity contribution >= 4 is 0 Å². The second-order valence-electron chi connectivity index (χ2n) is 1.76. The molecule has 48 valence electrons. The molecule has 0 amide bonds. The van der Waals surface area contributed by atoms with Crippen LogP contribution in [0.1, 0.15) is 12.5 Å². The smallest absolute Gasteiger partial charge is 0 e. The Balaban J connectivity index is 0.000000640. The van der Waals surface area contributed by atoms with Gasteiger partial charge in [-0.2, -0.15) is 35.9 Å². The first-order valence-corrected chi connectivity index (χ1v) is 2.88. The molecule has 0 aromatic heterocycles.